The summed E-state index contributed by atoms with van der Waals surface area (Å²) in [6, 6.07) is 23.5. The third-order valence-corrected chi connectivity index (χ3v) is 7.02. The summed E-state index contributed by atoms with van der Waals surface area (Å²) in [5.41, 5.74) is 1.99. The van der Waals surface area contributed by atoms with Crippen LogP contribution in [0.1, 0.15) is 42.2 Å². The van der Waals surface area contributed by atoms with Gasteiger partial charge >= 0.3 is 0 Å². The van der Waals surface area contributed by atoms with E-state index in [2.05, 4.69) is 10.6 Å². The summed E-state index contributed by atoms with van der Waals surface area (Å²) in [5, 5.41) is 16.3. The molecule has 0 atom stereocenters. The molecule has 0 saturated heterocycles. The first-order chi connectivity index (χ1) is 18.8. The van der Waals surface area contributed by atoms with E-state index in [1.54, 1.807) is 66.7 Å². The molecule has 0 aromatic heterocycles. The molecular formula is C29H19N3O6S. The number of carbonyl (C=O) groups is 4. The van der Waals surface area contributed by atoms with Crippen LogP contribution in [0.2, 0.25) is 0 Å². The number of fused-ring (bicyclic) bond motifs is 2. The van der Waals surface area contributed by atoms with Crippen molar-refractivity contribution in [1.29, 1.82) is 0 Å². The van der Waals surface area contributed by atoms with E-state index in [4.69, 9.17) is 0 Å². The number of nitrogens with one attached hydrogen (secondary N) is 2. The highest BCUT2D eigenvalue weighted by atomic mass is 32.2. The molecule has 192 valence electrons. The Hall–Kier alpha value is -5.09. The van der Waals surface area contributed by atoms with Crippen LogP contribution in [0.15, 0.2) is 95.9 Å². The number of non-ortho nitro benzene ring substituents is 1. The lowest BCUT2D eigenvalue weighted by Gasteiger charge is -2.20. The van der Waals surface area contributed by atoms with E-state index in [0.717, 1.165) is 0 Å². The molecule has 0 heterocycles. The molecular weight excluding hydrogens is 518 g/mol. The number of nitrogens with zero attached hydrogens (tertiary/aromatic N) is 1. The van der Waals surface area contributed by atoms with E-state index in [0.29, 0.717) is 21.7 Å². The number of hydrogen-bond donors (Lipinski definition) is 2. The smallest absolute Gasteiger partial charge is 0.269 e. The Labute approximate surface area is 226 Å². The lowest BCUT2D eigenvalue weighted by Crippen LogP contribution is -2.24. The van der Waals surface area contributed by atoms with Crippen molar-refractivity contribution >= 4 is 52.2 Å². The largest absolute Gasteiger partial charge is 0.325 e. The second kappa shape index (κ2) is 10.7. The minimum absolute atomic E-state index is 0.0160. The molecule has 0 unspecified atom stereocenters. The van der Waals surface area contributed by atoms with Gasteiger partial charge in [0.15, 0.2) is 11.6 Å². The van der Waals surface area contributed by atoms with Crippen molar-refractivity contribution in [1.82, 2.24) is 0 Å². The van der Waals surface area contributed by atoms with Gasteiger partial charge in [-0.05, 0) is 36.4 Å². The van der Waals surface area contributed by atoms with Gasteiger partial charge in [0.1, 0.15) is 0 Å². The zero-order valence-electron chi connectivity index (χ0n) is 20.2. The average molecular weight is 538 g/mol. The number of amides is 2. The summed E-state index contributed by atoms with van der Waals surface area (Å²) >= 11 is 1.23. The van der Waals surface area contributed by atoms with Gasteiger partial charge < -0.3 is 10.6 Å². The number of nitro benzene ring substituents is 1. The summed E-state index contributed by atoms with van der Waals surface area (Å²) in [7, 11) is 0. The Kier molecular flexibility index (Phi) is 7.02. The Morgan fingerprint density at radius 2 is 1.44 bits per heavy atom. The zero-order valence-corrected chi connectivity index (χ0v) is 21.0. The lowest BCUT2D eigenvalue weighted by atomic mass is 9.83. The number of ketones is 2. The summed E-state index contributed by atoms with van der Waals surface area (Å²) < 4.78 is 0. The monoisotopic (exact) mass is 537 g/mol. The Bertz CT molecular complexity index is 1670. The molecule has 0 aliphatic heterocycles. The molecule has 39 heavy (non-hydrogen) atoms. The molecule has 1 aliphatic carbocycles. The molecule has 0 spiro atoms. The summed E-state index contributed by atoms with van der Waals surface area (Å²) in [4.78, 5) is 62.3. The Morgan fingerprint density at radius 3 is 2.15 bits per heavy atom. The topological polar surface area (TPSA) is 135 Å². The first-order valence-corrected chi connectivity index (χ1v) is 12.7. The maximum absolute atomic E-state index is 13.1. The molecule has 0 saturated carbocycles. The van der Waals surface area contributed by atoms with Gasteiger partial charge in [-0.15, -0.1) is 11.8 Å². The van der Waals surface area contributed by atoms with Gasteiger partial charge in [-0.1, -0.05) is 42.5 Å². The molecule has 10 heteroatoms. The number of nitro groups is 1. The number of anilines is 2. The van der Waals surface area contributed by atoms with Gasteiger partial charge in [-0.2, -0.15) is 0 Å². The zero-order chi connectivity index (χ0) is 27.5. The minimum atomic E-state index is -0.540. The molecule has 9 nitrogen and oxygen atoms in total. The maximum atomic E-state index is 13.1. The van der Waals surface area contributed by atoms with Crippen molar-refractivity contribution in [3.05, 3.63) is 129 Å². The Balaban J connectivity index is 1.24. The lowest BCUT2D eigenvalue weighted by molar-refractivity contribution is -0.384. The average Bonchev–Trinajstić information content (AvgIpc) is 2.95. The first-order valence-electron chi connectivity index (χ1n) is 11.7. The van der Waals surface area contributed by atoms with E-state index in [1.807, 2.05) is 0 Å². The summed E-state index contributed by atoms with van der Waals surface area (Å²) in [5.74, 6) is -1.37. The van der Waals surface area contributed by atoms with Crippen molar-refractivity contribution < 1.29 is 24.1 Å². The molecule has 2 amide bonds. The molecule has 0 radical (unpaired) electrons. The van der Waals surface area contributed by atoms with Gasteiger partial charge in [-0.3, -0.25) is 29.3 Å². The van der Waals surface area contributed by atoms with Gasteiger partial charge in [-0.25, -0.2) is 0 Å². The second-order valence-corrected chi connectivity index (χ2v) is 9.60. The molecule has 0 fully saturated rings. The van der Waals surface area contributed by atoms with Crippen molar-refractivity contribution in [2.75, 3.05) is 16.4 Å². The van der Waals surface area contributed by atoms with Crippen LogP contribution in [0, 0.1) is 10.1 Å². The highest BCUT2D eigenvalue weighted by molar-refractivity contribution is 8.00. The number of carbonyl (C=O) groups excluding carboxylic acids is 4. The predicted octanol–water partition coefficient (Wildman–Crippen LogP) is 5.35. The van der Waals surface area contributed by atoms with Crippen LogP contribution in [0.25, 0.3) is 0 Å². The van der Waals surface area contributed by atoms with Gasteiger partial charge in [0.05, 0.1) is 21.9 Å². The van der Waals surface area contributed by atoms with Crippen molar-refractivity contribution in [3.8, 4) is 0 Å². The van der Waals surface area contributed by atoms with E-state index in [1.165, 1.54) is 36.0 Å². The summed E-state index contributed by atoms with van der Waals surface area (Å²) in [6.07, 6.45) is 0. The highest BCUT2D eigenvalue weighted by Gasteiger charge is 2.31. The van der Waals surface area contributed by atoms with Crippen molar-refractivity contribution in [2.45, 2.75) is 4.90 Å². The molecule has 4 aromatic rings. The fraction of sp³-hybridized carbons (Fsp3) is 0.0345. The third kappa shape index (κ3) is 5.32. The van der Waals surface area contributed by atoms with E-state index < -0.39 is 10.8 Å². The van der Waals surface area contributed by atoms with Crippen molar-refractivity contribution in [3.63, 3.8) is 0 Å². The number of benzene rings is 4. The predicted molar refractivity (Wildman–Crippen MR) is 147 cm³/mol. The van der Waals surface area contributed by atoms with Crippen LogP contribution >= 0.6 is 11.8 Å². The third-order valence-electron chi connectivity index (χ3n) is 6.03. The molecule has 1 aliphatic rings. The summed E-state index contributed by atoms with van der Waals surface area (Å²) in [6.45, 7) is 0. The van der Waals surface area contributed by atoms with Crippen molar-refractivity contribution in [2.24, 2.45) is 0 Å². The second-order valence-electron chi connectivity index (χ2n) is 8.55. The molecule has 0 bridgehead atoms. The van der Waals surface area contributed by atoms with E-state index in [-0.39, 0.29) is 51.3 Å². The number of rotatable bonds is 7. The van der Waals surface area contributed by atoms with Crippen LogP contribution in [0.4, 0.5) is 17.1 Å². The highest BCUT2D eigenvalue weighted by Crippen LogP contribution is 2.32. The first kappa shape index (κ1) is 25.6. The number of hydrogen-bond acceptors (Lipinski definition) is 7. The van der Waals surface area contributed by atoms with Crippen LogP contribution in [0.3, 0.4) is 0 Å². The van der Waals surface area contributed by atoms with Crippen LogP contribution < -0.4 is 10.6 Å². The Morgan fingerprint density at radius 1 is 0.769 bits per heavy atom. The van der Waals surface area contributed by atoms with Crippen LogP contribution in [0.5, 0.6) is 0 Å². The molecule has 5 rings (SSSR count). The van der Waals surface area contributed by atoms with Crippen LogP contribution in [-0.4, -0.2) is 34.1 Å². The van der Waals surface area contributed by atoms with E-state index in [9.17, 15) is 29.3 Å². The molecule has 4 aromatic carbocycles. The van der Waals surface area contributed by atoms with Gasteiger partial charge in [0.25, 0.3) is 11.6 Å². The normalized spacial score (nSPS) is 11.8. The van der Waals surface area contributed by atoms with Gasteiger partial charge in [0.2, 0.25) is 5.91 Å². The standard InChI is InChI=1S/C29H19N3O6S/c33-25(31-24-10-4-9-23-26(24)28(35)22-8-2-1-7-21(22)27(23)34)16-39-20-6-3-5-18(15-20)30-29(36)17-11-13-19(14-12-17)32(37)38/h1-15H,16H2,(H,30,36)(H,31,33). The van der Waals surface area contributed by atoms with Gasteiger partial charge in [0, 0.05) is 45.0 Å². The minimum Gasteiger partial charge on any atom is -0.325 e. The fourth-order valence-corrected chi connectivity index (χ4v) is 4.94. The number of thioether (sulfide) groups is 1. The molecule has 2 N–H and O–H groups in total. The quantitative estimate of drug-likeness (QED) is 0.162. The van der Waals surface area contributed by atoms with E-state index >= 15 is 0 Å². The SMILES string of the molecule is O=C(CSc1cccc(NC(=O)c2ccc([N+](=O)[O-])cc2)c1)Nc1cccc2c1C(=O)c1ccccc1C2=O. The maximum Gasteiger partial charge on any atom is 0.269 e. The van der Waals surface area contributed by atoms with Crippen LogP contribution in [-0.2, 0) is 4.79 Å². The fourth-order valence-electron chi connectivity index (χ4n) is 4.19.